The van der Waals surface area contributed by atoms with Gasteiger partial charge in [0.25, 0.3) is 0 Å². The molecule has 1 amide bonds. The number of thioether (sulfide) groups is 1. The molecule has 100 valence electrons. The molecule has 2 aliphatic heterocycles. The molecular weight excluding hydrogens is 256 g/mol. The summed E-state index contributed by atoms with van der Waals surface area (Å²) in [4.78, 5) is 11.7. The van der Waals surface area contributed by atoms with Crippen LogP contribution in [0.5, 0.6) is 0 Å². The fourth-order valence-electron chi connectivity index (χ4n) is 2.44. The van der Waals surface area contributed by atoms with Gasteiger partial charge in [-0.2, -0.15) is 11.8 Å². The topological polar surface area (TPSA) is 41.1 Å². The first-order valence-electron chi connectivity index (χ1n) is 6.42. The molecule has 0 spiro atoms. The van der Waals surface area contributed by atoms with E-state index in [4.69, 9.17) is 0 Å². The fourth-order valence-corrected chi connectivity index (χ4v) is 3.54. The molecule has 2 saturated heterocycles. The molecule has 17 heavy (non-hydrogen) atoms. The van der Waals surface area contributed by atoms with Crippen molar-refractivity contribution in [2.75, 3.05) is 24.6 Å². The first-order chi connectivity index (χ1) is 7.84. The number of rotatable bonds is 4. The van der Waals surface area contributed by atoms with Crippen LogP contribution in [0, 0.1) is 5.92 Å². The van der Waals surface area contributed by atoms with Crippen molar-refractivity contribution in [3.63, 3.8) is 0 Å². The van der Waals surface area contributed by atoms with E-state index in [-0.39, 0.29) is 18.3 Å². The third kappa shape index (κ3) is 5.49. The molecule has 0 bridgehead atoms. The monoisotopic (exact) mass is 278 g/mol. The van der Waals surface area contributed by atoms with Crippen LogP contribution in [0.15, 0.2) is 0 Å². The summed E-state index contributed by atoms with van der Waals surface area (Å²) in [6.45, 7) is 2.24. The van der Waals surface area contributed by atoms with Gasteiger partial charge in [-0.1, -0.05) is 0 Å². The Morgan fingerprint density at radius 1 is 1.29 bits per heavy atom. The van der Waals surface area contributed by atoms with E-state index in [0.717, 1.165) is 44.7 Å². The lowest BCUT2D eigenvalue weighted by Gasteiger charge is -2.22. The lowest BCUT2D eigenvalue weighted by atomic mass is 10.0. The Labute approximate surface area is 114 Å². The molecule has 1 unspecified atom stereocenters. The molecule has 2 aliphatic rings. The van der Waals surface area contributed by atoms with Crippen LogP contribution in [0.3, 0.4) is 0 Å². The first kappa shape index (κ1) is 15.1. The van der Waals surface area contributed by atoms with Crippen LogP contribution in [0.1, 0.15) is 32.1 Å². The van der Waals surface area contributed by atoms with Crippen molar-refractivity contribution in [2.45, 2.75) is 38.1 Å². The molecule has 3 nitrogen and oxygen atoms in total. The predicted octanol–water partition coefficient (Wildman–Crippen LogP) is 1.81. The second-order valence-electron chi connectivity index (χ2n) is 4.85. The number of amides is 1. The molecule has 0 radical (unpaired) electrons. The van der Waals surface area contributed by atoms with Gasteiger partial charge in [0.1, 0.15) is 0 Å². The number of carbonyl (C=O) groups excluding carboxylic acids is 1. The maximum absolute atomic E-state index is 11.7. The Kier molecular flexibility index (Phi) is 7.32. The second kappa shape index (κ2) is 8.22. The number of hydrogen-bond acceptors (Lipinski definition) is 3. The van der Waals surface area contributed by atoms with Crippen molar-refractivity contribution in [1.29, 1.82) is 0 Å². The van der Waals surface area contributed by atoms with Crippen molar-refractivity contribution in [3.05, 3.63) is 0 Å². The number of hydrogen-bond donors (Lipinski definition) is 2. The van der Waals surface area contributed by atoms with Crippen LogP contribution in [-0.4, -0.2) is 36.5 Å². The standard InChI is InChI=1S/C12H22N2OS.ClH/c15-12(2-1-10-3-6-13-9-10)14-11-4-7-16-8-5-11;/h10-11,13H,1-9H2,(H,14,15);1H. The van der Waals surface area contributed by atoms with Gasteiger partial charge in [-0.15, -0.1) is 12.4 Å². The summed E-state index contributed by atoms with van der Waals surface area (Å²) in [5.74, 6) is 3.41. The summed E-state index contributed by atoms with van der Waals surface area (Å²) in [6, 6.07) is 0.454. The predicted molar refractivity (Wildman–Crippen MR) is 75.9 cm³/mol. The Bertz CT molecular complexity index is 229. The maximum atomic E-state index is 11.7. The zero-order valence-electron chi connectivity index (χ0n) is 10.2. The van der Waals surface area contributed by atoms with Crippen LogP contribution in [0.4, 0.5) is 0 Å². The van der Waals surface area contributed by atoms with Gasteiger partial charge < -0.3 is 10.6 Å². The molecule has 1 atom stereocenters. The molecule has 0 aliphatic carbocycles. The van der Waals surface area contributed by atoms with Gasteiger partial charge in [-0.25, -0.2) is 0 Å². The normalized spacial score (nSPS) is 25.3. The minimum atomic E-state index is 0. The van der Waals surface area contributed by atoms with Crippen molar-refractivity contribution >= 4 is 30.1 Å². The van der Waals surface area contributed by atoms with E-state index in [1.807, 2.05) is 11.8 Å². The van der Waals surface area contributed by atoms with E-state index in [1.54, 1.807) is 0 Å². The second-order valence-corrected chi connectivity index (χ2v) is 6.08. The Hall–Kier alpha value is 0.0700. The summed E-state index contributed by atoms with van der Waals surface area (Å²) in [6.07, 6.45) is 5.33. The Morgan fingerprint density at radius 3 is 2.71 bits per heavy atom. The smallest absolute Gasteiger partial charge is 0.220 e. The highest BCUT2D eigenvalue weighted by Gasteiger charge is 2.18. The lowest BCUT2D eigenvalue weighted by Crippen LogP contribution is -2.37. The van der Waals surface area contributed by atoms with E-state index in [2.05, 4.69) is 10.6 Å². The minimum absolute atomic E-state index is 0. The lowest BCUT2D eigenvalue weighted by molar-refractivity contribution is -0.122. The summed E-state index contributed by atoms with van der Waals surface area (Å²) < 4.78 is 0. The fraction of sp³-hybridized carbons (Fsp3) is 0.917. The molecule has 2 N–H and O–H groups in total. The molecule has 2 heterocycles. The Balaban J connectivity index is 0.00000144. The van der Waals surface area contributed by atoms with Gasteiger partial charge in [-0.3, -0.25) is 4.79 Å². The van der Waals surface area contributed by atoms with Gasteiger partial charge >= 0.3 is 0 Å². The summed E-state index contributed by atoms with van der Waals surface area (Å²) in [5, 5.41) is 6.51. The molecule has 0 aromatic heterocycles. The SMILES string of the molecule is Cl.O=C(CCC1CCNC1)NC1CCSCC1. The van der Waals surface area contributed by atoms with Gasteiger partial charge in [0, 0.05) is 12.5 Å². The van der Waals surface area contributed by atoms with E-state index in [1.165, 1.54) is 17.9 Å². The van der Waals surface area contributed by atoms with E-state index < -0.39 is 0 Å². The van der Waals surface area contributed by atoms with Crippen molar-refractivity contribution in [3.8, 4) is 0 Å². The molecule has 2 rings (SSSR count). The molecule has 2 fully saturated rings. The highest BCUT2D eigenvalue weighted by atomic mass is 35.5. The van der Waals surface area contributed by atoms with Gasteiger partial charge in [-0.05, 0) is 56.2 Å². The van der Waals surface area contributed by atoms with Gasteiger partial charge in [0.15, 0.2) is 0 Å². The summed E-state index contributed by atoms with van der Waals surface area (Å²) >= 11 is 2.00. The highest BCUT2D eigenvalue weighted by Crippen LogP contribution is 2.18. The zero-order chi connectivity index (χ0) is 11.2. The Morgan fingerprint density at radius 2 is 2.06 bits per heavy atom. The molecule has 0 saturated carbocycles. The van der Waals surface area contributed by atoms with Crippen LogP contribution in [-0.2, 0) is 4.79 Å². The molecule has 5 heteroatoms. The number of nitrogens with one attached hydrogen (secondary N) is 2. The van der Waals surface area contributed by atoms with E-state index in [9.17, 15) is 4.79 Å². The van der Waals surface area contributed by atoms with E-state index in [0.29, 0.717) is 6.04 Å². The average molecular weight is 279 g/mol. The van der Waals surface area contributed by atoms with Gasteiger partial charge in [0.2, 0.25) is 5.91 Å². The number of halogens is 1. The third-order valence-corrected chi connectivity index (χ3v) is 4.58. The van der Waals surface area contributed by atoms with Crippen LogP contribution >= 0.6 is 24.2 Å². The van der Waals surface area contributed by atoms with Crippen LogP contribution < -0.4 is 10.6 Å². The summed E-state index contributed by atoms with van der Waals surface area (Å²) in [7, 11) is 0. The number of carbonyl (C=O) groups is 1. The van der Waals surface area contributed by atoms with E-state index >= 15 is 0 Å². The van der Waals surface area contributed by atoms with Crippen molar-refractivity contribution < 1.29 is 4.79 Å². The minimum Gasteiger partial charge on any atom is -0.353 e. The molecule has 0 aromatic carbocycles. The third-order valence-electron chi connectivity index (χ3n) is 3.53. The van der Waals surface area contributed by atoms with Crippen molar-refractivity contribution in [2.24, 2.45) is 5.92 Å². The largest absolute Gasteiger partial charge is 0.353 e. The van der Waals surface area contributed by atoms with Crippen molar-refractivity contribution in [1.82, 2.24) is 10.6 Å². The quantitative estimate of drug-likeness (QED) is 0.824. The highest BCUT2D eigenvalue weighted by molar-refractivity contribution is 7.99. The average Bonchev–Trinajstić information content (AvgIpc) is 2.81. The van der Waals surface area contributed by atoms with Crippen LogP contribution in [0.2, 0.25) is 0 Å². The first-order valence-corrected chi connectivity index (χ1v) is 7.58. The molecule has 0 aromatic rings. The maximum Gasteiger partial charge on any atom is 0.220 e. The molecular formula is C12H23ClN2OS. The summed E-state index contributed by atoms with van der Waals surface area (Å²) in [5.41, 5.74) is 0. The zero-order valence-corrected chi connectivity index (χ0v) is 11.9. The van der Waals surface area contributed by atoms with Gasteiger partial charge in [0.05, 0.1) is 0 Å². The van der Waals surface area contributed by atoms with Crippen LogP contribution in [0.25, 0.3) is 0 Å².